The van der Waals surface area contributed by atoms with Gasteiger partial charge in [-0.3, -0.25) is 0 Å². The minimum atomic E-state index is -0.282. The van der Waals surface area contributed by atoms with Crippen LogP contribution in [0.15, 0.2) is 16.6 Å². The molecule has 2 rings (SSSR count). The molecule has 0 aromatic heterocycles. The van der Waals surface area contributed by atoms with E-state index in [4.69, 9.17) is 4.74 Å². The van der Waals surface area contributed by atoms with E-state index in [2.05, 4.69) is 35.1 Å². The van der Waals surface area contributed by atoms with Crippen LogP contribution in [0, 0.1) is 5.82 Å². The molecule has 94 valence electrons. The maximum Gasteiger partial charge on any atom is 0.166 e. The van der Waals surface area contributed by atoms with Crippen LogP contribution >= 0.6 is 15.9 Å². The van der Waals surface area contributed by atoms with Crippen LogP contribution in [0.4, 0.5) is 4.39 Å². The van der Waals surface area contributed by atoms with Crippen molar-refractivity contribution in [3.8, 4) is 5.75 Å². The lowest BCUT2D eigenvalue weighted by molar-refractivity contribution is 0.174. The van der Waals surface area contributed by atoms with Crippen LogP contribution in [0.1, 0.15) is 38.3 Å². The molecule has 0 spiro atoms. The highest BCUT2D eigenvalue weighted by molar-refractivity contribution is 9.10. The Hall–Kier alpha value is -0.610. The van der Waals surface area contributed by atoms with Gasteiger partial charge < -0.3 is 10.1 Å². The van der Waals surface area contributed by atoms with E-state index < -0.39 is 0 Å². The SMILES string of the molecule is CCCC1Oc2c(F)cc(Br)cc2C1NCC. The largest absolute Gasteiger partial charge is 0.485 e. The van der Waals surface area contributed by atoms with Gasteiger partial charge in [-0.25, -0.2) is 4.39 Å². The molecular weight excluding hydrogens is 285 g/mol. The standard InChI is InChI=1S/C13H17BrFNO/c1-3-5-11-12(16-4-2)9-6-8(14)7-10(15)13(9)17-11/h6-7,11-12,16H,3-5H2,1-2H3. The number of hydrogen-bond donors (Lipinski definition) is 1. The molecule has 17 heavy (non-hydrogen) atoms. The summed E-state index contributed by atoms with van der Waals surface area (Å²) in [4.78, 5) is 0. The van der Waals surface area contributed by atoms with Crippen molar-refractivity contribution in [3.05, 3.63) is 28.0 Å². The Morgan fingerprint density at radius 2 is 2.18 bits per heavy atom. The number of halogens is 2. The third-order valence-corrected chi connectivity index (χ3v) is 3.47. The predicted molar refractivity (Wildman–Crippen MR) is 69.8 cm³/mol. The van der Waals surface area contributed by atoms with Crippen molar-refractivity contribution < 1.29 is 9.13 Å². The number of hydrogen-bond acceptors (Lipinski definition) is 2. The molecule has 1 aromatic carbocycles. The lowest BCUT2D eigenvalue weighted by Gasteiger charge is -2.19. The summed E-state index contributed by atoms with van der Waals surface area (Å²) in [5, 5.41) is 3.38. The van der Waals surface area contributed by atoms with E-state index in [0.29, 0.717) is 5.75 Å². The van der Waals surface area contributed by atoms with Crippen molar-refractivity contribution in [1.29, 1.82) is 0 Å². The number of fused-ring (bicyclic) bond motifs is 1. The maximum atomic E-state index is 13.8. The van der Waals surface area contributed by atoms with Crippen LogP contribution in [0.5, 0.6) is 5.75 Å². The fraction of sp³-hybridized carbons (Fsp3) is 0.538. The summed E-state index contributed by atoms with van der Waals surface area (Å²) in [6.07, 6.45) is 2.01. The average Bonchev–Trinajstić information content (AvgIpc) is 2.59. The third-order valence-electron chi connectivity index (χ3n) is 3.01. The van der Waals surface area contributed by atoms with Crippen LogP contribution in [0.25, 0.3) is 0 Å². The van der Waals surface area contributed by atoms with Gasteiger partial charge in [-0.15, -0.1) is 0 Å². The van der Waals surface area contributed by atoms with Crippen molar-refractivity contribution >= 4 is 15.9 Å². The molecule has 0 saturated carbocycles. The monoisotopic (exact) mass is 301 g/mol. The Kier molecular flexibility index (Phi) is 4.05. The molecule has 1 N–H and O–H groups in total. The second kappa shape index (κ2) is 5.36. The summed E-state index contributed by atoms with van der Waals surface area (Å²) in [6, 6.07) is 3.50. The van der Waals surface area contributed by atoms with E-state index in [1.165, 1.54) is 6.07 Å². The minimum Gasteiger partial charge on any atom is -0.485 e. The number of rotatable bonds is 4. The zero-order chi connectivity index (χ0) is 12.4. The topological polar surface area (TPSA) is 21.3 Å². The van der Waals surface area contributed by atoms with E-state index in [0.717, 1.165) is 29.4 Å². The van der Waals surface area contributed by atoms with Gasteiger partial charge in [0.25, 0.3) is 0 Å². The number of likely N-dealkylation sites (N-methyl/N-ethyl adjacent to an activating group) is 1. The van der Waals surface area contributed by atoms with E-state index in [-0.39, 0.29) is 18.0 Å². The molecule has 4 heteroatoms. The molecule has 0 bridgehead atoms. The fourth-order valence-electron chi connectivity index (χ4n) is 2.33. The van der Waals surface area contributed by atoms with Crippen molar-refractivity contribution in [2.24, 2.45) is 0 Å². The van der Waals surface area contributed by atoms with Crippen LogP contribution in [-0.2, 0) is 0 Å². The smallest absolute Gasteiger partial charge is 0.166 e. The zero-order valence-electron chi connectivity index (χ0n) is 10.1. The van der Waals surface area contributed by atoms with Crippen LogP contribution in [0.2, 0.25) is 0 Å². The lowest BCUT2D eigenvalue weighted by atomic mass is 10.0. The Morgan fingerprint density at radius 3 is 2.82 bits per heavy atom. The highest BCUT2D eigenvalue weighted by Crippen LogP contribution is 2.41. The molecular formula is C13H17BrFNO. The molecule has 0 aliphatic carbocycles. The van der Waals surface area contributed by atoms with E-state index in [9.17, 15) is 4.39 Å². The highest BCUT2D eigenvalue weighted by Gasteiger charge is 2.35. The first-order chi connectivity index (χ1) is 8.17. The molecule has 0 amide bonds. The molecule has 1 aliphatic heterocycles. The van der Waals surface area contributed by atoms with Gasteiger partial charge in [-0.2, -0.15) is 0 Å². The van der Waals surface area contributed by atoms with Gasteiger partial charge in [0.15, 0.2) is 11.6 Å². The van der Waals surface area contributed by atoms with Gasteiger partial charge in [0.2, 0.25) is 0 Å². The van der Waals surface area contributed by atoms with Gasteiger partial charge in [0, 0.05) is 10.0 Å². The average molecular weight is 302 g/mol. The molecule has 2 unspecified atom stereocenters. The second-order valence-corrected chi connectivity index (χ2v) is 5.20. The van der Waals surface area contributed by atoms with Gasteiger partial charge in [0.05, 0.1) is 6.04 Å². The Morgan fingerprint density at radius 1 is 1.41 bits per heavy atom. The Balaban J connectivity index is 2.35. The third kappa shape index (κ3) is 2.47. The van der Waals surface area contributed by atoms with Gasteiger partial charge in [0.1, 0.15) is 6.10 Å². The van der Waals surface area contributed by atoms with Crippen molar-refractivity contribution in [1.82, 2.24) is 5.32 Å². The van der Waals surface area contributed by atoms with E-state index >= 15 is 0 Å². The molecule has 2 nitrogen and oxygen atoms in total. The van der Waals surface area contributed by atoms with Crippen molar-refractivity contribution in [2.45, 2.75) is 38.8 Å². The Labute approximate surface area is 110 Å². The first-order valence-corrected chi connectivity index (χ1v) is 6.85. The summed E-state index contributed by atoms with van der Waals surface area (Å²) < 4.78 is 20.3. The molecule has 1 aromatic rings. The zero-order valence-corrected chi connectivity index (χ0v) is 11.7. The highest BCUT2D eigenvalue weighted by atomic mass is 79.9. The van der Waals surface area contributed by atoms with Gasteiger partial charge >= 0.3 is 0 Å². The molecule has 0 radical (unpaired) electrons. The maximum absolute atomic E-state index is 13.8. The van der Waals surface area contributed by atoms with Crippen LogP contribution in [-0.4, -0.2) is 12.6 Å². The summed E-state index contributed by atoms with van der Waals surface area (Å²) in [5.41, 5.74) is 0.928. The summed E-state index contributed by atoms with van der Waals surface area (Å²) >= 11 is 3.33. The summed E-state index contributed by atoms with van der Waals surface area (Å²) in [7, 11) is 0. The Bertz CT molecular complexity index is 411. The van der Waals surface area contributed by atoms with E-state index in [1.54, 1.807) is 0 Å². The van der Waals surface area contributed by atoms with Crippen LogP contribution < -0.4 is 10.1 Å². The number of ether oxygens (including phenoxy) is 1. The second-order valence-electron chi connectivity index (χ2n) is 4.29. The van der Waals surface area contributed by atoms with Gasteiger partial charge in [-0.05, 0) is 25.1 Å². The van der Waals surface area contributed by atoms with Gasteiger partial charge in [-0.1, -0.05) is 36.2 Å². The lowest BCUT2D eigenvalue weighted by Crippen LogP contribution is -2.30. The number of benzene rings is 1. The number of nitrogens with one attached hydrogen (secondary N) is 1. The minimum absolute atomic E-state index is 0.0405. The van der Waals surface area contributed by atoms with Crippen molar-refractivity contribution in [3.63, 3.8) is 0 Å². The van der Waals surface area contributed by atoms with Crippen molar-refractivity contribution in [2.75, 3.05) is 6.54 Å². The van der Waals surface area contributed by atoms with E-state index in [1.807, 2.05) is 6.07 Å². The first kappa shape index (κ1) is 12.8. The molecule has 2 atom stereocenters. The summed E-state index contributed by atoms with van der Waals surface area (Å²) in [6.45, 7) is 5.01. The predicted octanol–water partition coefficient (Wildman–Crippen LogP) is 3.80. The van der Waals surface area contributed by atoms with Crippen LogP contribution in [0.3, 0.4) is 0 Å². The molecule has 0 saturated heterocycles. The fourth-order valence-corrected chi connectivity index (χ4v) is 2.77. The quantitative estimate of drug-likeness (QED) is 0.913. The molecule has 0 fully saturated rings. The molecule has 1 heterocycles. The normalized spacial score (nSPS) is 22.4. The first-order valence-electron chi connectivity index (χ1n) is 6.06. The molecule has 1 aliphatic rings. The summed E-state index contributed by atoms with van der Waals surface area (Å²) in [5.74, 6) is 0.133.